The largest absolute Gasteiger partial charge is 0.367 e. The van der Waals surface area contributed by atoms with Crippen molar-refractivity contribution >= 4 is 23.2 Å². The molecule has 1 fully saturated rings. The first-order valence-corrected chi connectivity index (χ1v) is 11.1. The van der Waals surface area contributed by atoms with Gasteiger partial charge in [0.1, 0.15) is 17.5 Å². The van der Waals surface area contributed by atoms with Crippen LogP contribution in [0.5, 0.6) is 0 Å². The van der Waals surface area contributed by atoms with Gasteiger partial charge in [-0.1, -0.05) is 23.7 Å². The molecule has 0 saturated heterocycles. The molecule has 4 rings (SSSR count). The van der Waals surface area contributed by atoms with Crippen molar-refractivity contribution in [2.45, 2.75) is 38.3 Å². The van der Waals surface area contributed by atoms with Crippen LogP contribution >= 0.6 is 11.6 Å². The molecule has 1 aliphatic rings. The van der Waals surface area contributed by atoms with Gasteiger partial charge < -0.3 is 16.4 Å². The van der Waals surface area contributed by atoms with E-state index >= 15 is 0 Å². The van der Waals surface area contributed by atoms with Crippen molar-refractivity contribution in [1.82, 2.24) is 9.97 Å². The van der Waals surface area contributed by atoms with E-state index in [2.05, 4.69) is 20.6 Å². The molecule has 2 heterocycles. The lowest BCUT2D eigenvalue weighted by atomic mass is 9.86. The molecule has 3 aromatic rings. The summed E-state index contributed by atoms with van der Waals surface area (Å²) in [7, 11) is 0. The summed E-state index contributed by atoms with van der Waals surface area (Å²) in [6, 6.07) is 12.8. The lowest BCUT2D eigenvalue weighted by Crippen LogP contribution is -2.29. The number of benzene rings is 1. The summed E-state index contributed by atoms with van der Waals surface area (Å²) >= 11 is 6.47. The Morgan fingerprint density at radius 2 is 1.87 bits per heavy atom. The van der Waals surface area contributed by atoms with Gasteiger partial charge >= 0.3 is 0 Å². The number of pyridine rings is 2. The van der Waals surface area contributed by atoms with Crippen molar-refractivity contribution in [3.8, 4) is 11.1 Å². The van der Waals surface area contributed by atoms with Gasteiger partial charge in [0.2, 0.25) is 0 Å². The minimum Gasteiger partial charge on any atom is -0.367 e. The maximum Gasteiger partial charge on any atom is 0.126 e. The quantitative estimate of drug-likeness (QED) is 0.454. The second-order valence-corrected chi connectivity index (χ2v) is 8.47. The van der Waals surface area contributed by atoms with Crippen LogP contribution in [0, 0.1) is 11.7 Å². The standard InChI is InChI=1S/C24H27ClFN5/c25-22-15-30-24(31-20-6-4-16(13-27)5-7-20)12-21(22)18-8-9-28-23(11-18)29-14-17-2-1-3-19(26)10-17/h1-3,8-12,15-16,20H,4-7,13-14,27H2,(H,28,29)(H,30,31). The molecule has 7 heteroatoms. The molecule has 0 radical (unpaired) electrons. The maximum atomic E-state index is 13.4. The van der Waals surface area contributed by atoms with Crippen molar-refractivity contribution in [3.05, 3.63) is 71.3 Å². The van der Waals surface area contributed by atoms with Gasteiger partial charge in [0.05, 0.1) is 5.02 Å². The fourth-order valence-corrected chi connectivity index (χ4v) is 4.24. The molecule has 0 amide bonds. The lowest BCUT2D eigenvalue weighted by molar-refractivity contribution is 0.344. The Labute approximate surface area is 187 Å². The van der Waals surface area contributed by atoms with Crippen molar-refractivity contribution in [2.24, 2.45) is 11.7 Å². The molecule has 1 aliphatic carbocycles. The van der Waals surface area contributed by atoms with Crippen molar-refractivity contribution in [3.63, 3.8) is 0 Å². The number of nitrogens with one attached hydrogen (secondary N) is 2. The number of rotatable bonds is 7. The van der Waals surface area contributed by atoms with Gasteiger partial charge in [-0.05, 0) is 79.6 Å². The van der Waals surface area contributed by atoms with E-state index in [1.165, 1.54) is 12.1 Å². The van der Waals surface area contributed by atoms with Crippen LogP contribution in [0.1, 0.15) is 31.2 Å². The normalized spacial score (nSPS) is 18.5. The zero-order valence-corrected chi connectivity index (χ0v) is 18.1. The first-order valence-electron chi connectivity index (χ1n) is 10.7. The van der Waals surface area contributed by atoms with Gasteiger partial charge in [-0.25, -0.2) is 14.4 Å². The number of halogens is 2. The Balaban J connectivity index is 1.46. The van der Waals surface area contributed by atoms with Crippen molar-refractivity contribution < 1.29 is 4.39 Å². The lowest BCUT2D eigenvalue weighted by Gasteiger charge is -2.28. The molecule has 1 aromatic carbocycles. The van der Waals surface area contributed by atoms with E-state index in [1.807, 2.05) is 24.3 Å². The number of aromatic nitrogens is 2. The molecule has 0 unspecified atom stereocenters. The fraction of sp³-hybridized carbons (Fsp3) is 0.333. The van der Waals surface area contributed by atoms with E-state index in [0.29, 0.717) is 29.3 Å². The summed E-state index contributed by atoms with van der Waals surface area (Å²) in [5.74, 6) is 1.91. The fourth-order valence-electron chi connectivity index (χ4n) is 4.02. The van der Waals surface area contributed by atoms with E-state index in [-0.39, 0.29) is 5.82 Å². The Hall–Kier alpha value is -2.70. The van der Waals surface area contributed by atoms with Gasteiger partial charge in [0, 0.05) is 30.5 Å². The topological polar surface area (TPSA) is 75.9 Å². The zero-order valence-electron chi connectivity index (χ0n) is 17.3. The second-order valence-electron chi connectivity index (χ2n) is 8.06. The first kappa shape index (κ1) is 21.5. The third-order valence-electron chi connectivity index (χ3n) is 5.82. The molecule has 0 aliphatic heterocycles. The van der Waals surface area contributed by atoms with Crippen LogP contribution in [0.2, 0.25) is 5.02 Å². The first-order chi connectivity index (χ1) is 15.1. The zero-order chi connectivity index (χ0) is 21.6. The predicted octanol–water partition coefficient (Wildman–Crippen LogP) is 5.48. The highest BCUT2D eigenvalue weighted by atomic mass is 35.5. The highest BCUT2D eigenvalue weighted by Gasteiger charge is 2.20. The number of hydrogen-bond donors (Lipinski definition) is 3. The summed E-state index contributed by atoms with van der Waals surface area (Å²) in [6.45, 7) is 1.25. The smallest absolute Gasteiger partial charge is 0.126 e. The summed E-state index contributed by atoms with van der Waals surface area (Å²) in [6.07, 6.45) is 7.93. The van der Waals surface area contributed by atoms with Crippen LogP contribution in [0.4, 0.5) is 16.0 Å². The molecule has 1 saturated carbocycles. The van der Waals surface area contributed by atoms with E-state index in [4.69, 9.17) is 17.3 Å². The third-order valence-corrected chi connectivity index (χ3v) is 6.12. The Morgan fingerprint density at radius 3 is 2.65 bits per heavy atom. The Morgan fingerprint density at radius 1 is 1.03 bits per heavy atom. The van der Waals surface area contributed by atoms with Crippen LogP contribution in [0.3, 0.4) is 0 Å². The van der Waals surface area contributed by atoms with Crippen molar-refractivity contribution in [1.29, 1.82) is 0 Å². The minimum absolute atomic E-state index is 0.249. The molecule has 0 atom stereocenters. The number of nitrogens with zero attached hydrogens (tertiary/aromatic N) is 2. The van der Waals surface area contributed by atoms with E-state index in [1.54, 1.807) is 18.5 Å². The van der Waals surface area contributed by atoms with Crippen LogP contribution in [0.25, 0.3) is 11.1 Å². The molecule has 5 nitrogen and oxygen atoms in total. The Kier molecular flexibility index (Phi) is 6.99. The summed E-state index contributed by atoms with van der Waals surface area (Å²) < 4.78 is 13.4. The molecule has 0 bridgehead atoms. The highest BCUT2D eigenvalue weighted by molar-refractivity contribution is 6.33. The van der Waals surface area contributed by atoms with E-state index < -0.39 is 0 Å². The molecule has 0 spiro atoms. The summed E-state index contributed by atoms with van der Waals surface area (Å²) in [5, 5.41) is 7.38. The number of nitrogens with two attached hydrogens (primary N) is 1. The predicted molar refractivity (Wildman–Crippen MR) is 125 cm³/mol. The van der Waals surface area contributed by atoms with Crippen LogP contribution in [-0.4, -0.2) is 22.6 Å². The summed E-state index contributed by atoms with van der Waals surface area (Å²) in [5.41, 5.74) is 8.49. The molecule has 4 N–H and O–H groups in total. The average molecular weight is 440 g/mol. The van der Waals surface area contributed by atoms with E-state index in [9.17, 15) is 4.39 Å². The molecular weight excluding hydrogens is 413 g/mol. The van der Waals surface area contributed by atoms with Crippen LogP contribution in [-0.2, 0) is 6.54 Å². The third kappa shape index (κ3) is 5.71. The number of hydrogen-bond acceptors (Lipinski definition) is 5. The Bertz CT molecular complexity index is 1020. The molecule has 2 aromatic heterocycles. The van der Waals surface area contributed by atoms with Gasteiger partial charge in [-0.3, -0.25) is 0 Å². The minimum atomic E-state index is -0.249. The van der Waals surface area contributed by atoms with Crippen LogP contribution in [0.15, 0.2) is 54.9 Å². The average Bonchev–Trinajstić information content (AvgIpc) is 2.80. The van der Waals surface area contributed by atoms with Gasteiger partial charge in [0.15, 0.2) is 0 Å². The monoisotopic (exact) mass is 439 g/mol. The molecular formula is C24H27ClFN5. The van der Waals surface area contributed by atoms with Gasteiger partial charge in [-0.15, -0.1) is 0 Å². The number of anilines is 2. The molecule has 31 heavy (non-hydrogen) atoms. The highest BCUT2D eigenvalue weighted by Crippen LogP contribution is 2.32. The van der Waals surface area contributed by atoms with Gasteiger partial charge in [0.25, 0.3) is 0 Å². The van der Waals surface area contributed by atoms with Crippen LogP contribution < -0.4 is 16.4 Å². The van der Waals surface area contributed by atoms with Gasteiger partial charge in [-0.2, -0.15) is 0 Å². The summed E-state index contributed by atoms with van der Waals surface area (Å²) in [4.78, 5) is 8.84. The SMILES string of the molecule is NCC1CCC(Nc2cc(-c3ccnc(NCc4cccc(F)c4)c3)c(Cl)cn2)CC1. The maximum absolute atomic E-state index is 13.4. The second kappa shape index (κ2) is 10.1. The van der Waals surface area contributed by atoms with Crippen molar-refractivity contribution in [2.75, 3.05) is 17.2 Å². The van der Waals surface area contributed by atoms with E-state index in [0.717, 1.165) is 54.7 Å². The molecule has 162 valence electrons.